The van der Waals surface area contributed by atoms with Crippen molar-refractivity contribution in [2.45, 2.75) is 16.4 Å². The highest BCUT2D eigenvalue weighted by Gasteiger charge is 2.67. The Morgan fingerprint density at radius 1 is 1.07 bits per heavy atom. The van der Waals surface area contributed by atoms with Crippen molar-refractivity contribution in [3.63, 3.8) is 0 Å². The van der Waals surface area contributed by atoms with Gasteiger partial charge in [0.25, 0.3) is 0 Å². The van der Waals surface area contributed by atoms with E-state index in [1.54, 1.807) is 22.6 Å². The molecule has 1 amide bonds. The lowest BCUT2D eigenvalue weighted by Gasteiger charge is -2.08. The van der Waals surface area contributed by atoms with Crippen LogP contribution in [0.5, 0.6) is 0 Å². The van der Waals surface area contributed by atoms with Crippen LogP contribution in [0.25, 0.3) is 0 Å². The van der Waals surface area contributed by atoms with Gasteiger partial charge in [-0.3, -0.25) is 9.59 Å². The third-order valence-electron chi connectivity index (χ3n) is 4.38. The summed E-state index contributed by atoms with van der Waals surface area (Å²) in [7, 11) is 0. The first-order valence-electron chi connectivity index (χ1n) is 7.78. The van der Waals surface area contributed by atoms with E-state index >= 15 is 0 Å². The van der Waals surface area contributed by atoms with Gasteiger partial charge in [0.2, 0.25) is 9.70 Å². The van der Waals surface area contributed by atoms with Crippen LogP contribution < -0.4 is 5.32 Å². The lowest BCUT2D eigenvalue weighted by molar-refractivity contribution is -0.137. The summed E-state index contributed by atoms with van der Waals surface area (Å²) in [4.78, 5) is 24.1. The van der Waals surface area contributed by atoms with Gasteiger partial charge >= 0.3 is 6.18 Å². The van der Waals surface area contributed by atoms with Crippen LogP contribution in [-0.2, 0) is 11.0 Å². The second-order valence-electron chi connectivity index (χ2n) is 6.21. The zero-order valence-electron chi connectivity index (χ0n) is 13.7. The van der Waals surface area contributed by atoms with Crippen molar-refractivity contribution in [3.05, 3.63) is 64.2 Å². The number of nitrogens with one attached hydrogen (secondary N) is 1. The fourth-order valence-electron chi connectivity index (χ4n) is 2.92. The van der Waals surface area contributed by atoms with Gasteiger partial charge in [-0.05, 0) is 35.9 Å². The Kier molecular flexibility index (Phi) is 5.93. The second kappa shape index (κ2) is 7.66. The molecule has 1 saturated carbocycles. The van der Waals surface area contributed by atoms with E-state index in [1.807, 2.05) is 0 Å². The van der Waals surface area contributed by atoms with Gasteiger partial charge in [-0.2, -0.15) is 13.2 Å². The topological polar surface area (TPSA) is 46.2 Å². The van der Waals surface area contributed by atoms with Crippen LogP contribution in [0.15, 0.2) is 42.5 Å². The average molecular weight is 563 g/mol. The van der Waals surface area contributed by atoms with Crippen LogP contribution in [0.4, 0.5) is 18.9 Å². The van der Waals surface area contributed by atoms with Crippen LogP contribution in [-0.4, -0.2) is 14.0 Å². The lowest BCUT2D eigenvalue weighted by atomic mass is 10.1. The average Bonchev–Trinajstić information content (AvgIpc) is 3.18. The largest absolute Gasteiger partial charge is 0.416 e. The van der Waals surface area contributed by atoms with Gasteiger partial charge in [0.15, 0.2) is 0 Å². The first-order valence-corrected chi connectivity index (χ1v) is 9.99. The fourth-order valence-corrected chi connectivity index (χ4v) is 4.56. The van der Waals surface area contributed by atoms with E-state index in [2.05, 4.69) is 5.32 Å². The molecular formula is C18H10Cl3F3INO2. The number of benzene rings is 2. The van der Waals surface area contributed by atoms with Gasteiger partial charge in [-0.25, -0.2) is 0 Å². The monoisotopic (exact) mass is 561 g/mol. The summed E-state index contributed by atoms with van der Waals surface area (Å²) in [5.41, 5.74) is 0.192. The van der Waals surface area contributed by atoms with Gasteiger partial charge in [-0.15, -0.1) is 23.2 Å². The van der Waals surface area contributed by atoms with Crippen LogP contribution in [0, 0.1) is 5.92 Å². The molecule has 148 valence electrons. The molecule has 0 aromatic heterocycles. The smallest absolute Gasteiger partial charge is 0.326 e. The quantitative estimate of drug-likeness (QED) is 0.264. The molecule has 10 heteroatoms. The summed E-state index contributed by atoms with van der Waals surface area (Å²) in [6.45, 7) is 0. The van der Waals surface area contributed by atoms with Crippen molar-refractivity contribution < 1.29 is 22.8 Å². The summed E-state index contributed by atoms with van der Waals surface area (Å²) >= 11 is 19.9. The van der Waals surface area contributed by atoms with Gasteiger partial charge < -0.3 is 5.32 Å². The molecule has 28 heavy (non-hydrogen) atoms. The molecule has 1 fully saturated rings. The highest BCUT2D eigenvalue weighted by molar-refractivity contribution is 14.1. The van der Waals surface area contributed by atoms with Crippen molar-refractivity contribution in [2.75, 3.05) is 5.32 Å². The Balaban J connectivity index is 1.78. The second-order valence-corrected chi connectivity index (χ2v) is 9.04. The first kappa shape index (κ1) is 21.7. The zero-order valence-corrected chi connectivity index (χ0v) is 18.1. The highest BCUT2D eigenvalue weighted by Crippen LogP contribution is 2.65. The molecule has 0 aliphatic heterocycles. The Labute approximate surface area is 186 Å². The Morgan fingerprint density at radius 3 is 2.21 bits per heavy atom. The SMILES string of the molecule is O=C(I)c1cc(NC(=O)C2C(c3ccc(C(F)(F)F)cc3)C2(Cl)Cl)ccc1Cl. The van der Waals surface area contributed by atoms with E-state index in [1.165, 1.54) is 30.3 Å². The molecule has 0 bridgehead atoms. The maximum atomic E-state index is 12.7. The van der Waals surface area contributed by atoms with Crippen molar-refractivity contribution in [2.24, 2.45) is 5.92 Å². The third-order valence-corrected chi connectivity index (χ3v) is 6.23. The number of halogens is 7. The number of rotatable bonds is 4. The molecular weight excluding hydrogens is 552 g/mol. The number of anilines is 1. The molecule has 3 nitrogen and oxygen atoms in total. The molecule has 2 unspecified atom stereocenters. The molecule has 0 spiro atoms. The van der Waals surface area contributed by atoms with Crippen LogP contribution in [0.3, 0.4) is 0 Å². The molecule has 2 aromatic carbocycles. The molecule has 0 saturated heterocycles. The van der Waals surface area contributed by atoms with Crippen molar-refractivity contribution in [1.82, 2.24) is 0 Å². The minimum absolute atomic E-state index is 0.234. The summed E-state index contributed by atoms with van der Waals surface area (Å²) in [5.74, 6) is -2.03. The number of hydrogen-bond donors (Lipinski definition) is 1. The van der Waals surface area contributed by atoms with E-state index in [0.29, 0.717) is 11.3 Å². The summed E-state index contributed by atoms with van der Waals surface area (Å²) in [5, 5.41) is 2.86. The van der Waals surface area contributed by atoms with Gasteiger partial charge in [0, 0.05) is 39.8 Å². The van der Waals surface area contributed by atoms with E-state index in [9.17, 15) is 22.8 Å². The molecule has 2 aromatic rings. The normalized spacial score (nSPS) is 20.5. The Morgan fingerprint density at radius 2 is 1.68 bits per heavy atom. The molecule has 1 N–H and O–H groups in total. The maximum Gasteiger partial charge on any atom is 0.416 e. The summed E-state index contributed by atoms with van der Waals surface area (Å²) < 4.78 is 36.4. The van der Waals surface area contributed by atoms with Gasteiger partial charge in [0.05, 0.1) is 16.5 Å². The van der Waals surface area contributed by atoms with Gasteiger partial charge in [0.1, 0.15) is 4.33 Å². The summed E-state index contributed by atoms with van der Waals surface area (Å²) in [6, 6.07) is 8.77. The van der Waals surface area contributed by atoms with Crippen molar-refractivity contribution >= 4 is 72.8 Å². The number of alkyl halides is 5. The molecule has 1 aliphatic rings. The summed E-state index contributed by atoms with van der Waals surface area (Å²) in [6.07, 6.45) is -4.46. The lowest BCUT2D eigenvalue weighted by Crippen LogP contribution is -2.17. The van der Waals surface area contributed by atoms with E-state index < -0.39 is 33.8 Å². The predicted molar refractivity (Wildman–Crippen MR) is 111 cm³/mol. The van der Waals surface area contributed by atoms with E-state index in [0.717, 1.165) is 12.1 Å². The molecule has 0 heterocycles. The molecule has 2 atom stereocenters. The standard InChI is InChI=1S/C18H10Cl3F3INO2/c19-12-6-5-10(7-11(12)15(25)27)26-16(28)14-13(17(14,20)21)8-1-3-9(4-2-8)18(22,23)24/h1-7,13-14H,(H,26,28). The molecule has 1 aliphatic carbocycles. The zero-order chi connectivity index (χ0) is 20.9. The molecule has 0 radical (unpaired) electrons. The maximum absolute atomic E-state index is 12.7. The fraction of sp³-hybridized carbons (Fsp3) is 0.222. The van der Waals surface area contributed by atoms with Gasteiger partial charge in [-0.1, -0.05) is 23.7 Å². The van der Waals surface area contributed by atoms with Crippen molar-refractivity contribution in [1.29, 1.82) is 0 Å². The minimum atomic E-state index is -4.46. The number of carbonyl (C=O) groups is 2. The van der Waals surface area contributed by atoms with Crippen molar-refractivity contribution in [3.8, 4) is 0 Å². The third kappa shape index (κ3) is 4.27. The number of amides is 1. The first-order chi connectivity index (χ1) is 12.9. The highest BCUT2D eigenvalue weighted by atomic mass is 127. The van der Waals surface area contributed by atoms with Crippen LogP contribution in [0.2, 0.25) is 5.02 Å². The Hall–Kier alpha value is -1.03. The number of hydrogen-bond acceptors (Lipinski definition) is 2. The van der Waals surface area contributed by atoms with E-state index in [4.69, 9.17) is 34.8 Å². The predicted octanol–water partition coefficient (Wildman–Crippen LogP) is 6.46. The minimum Gasteiger partial charge on any atom is -0.326 e. The van der Waals surface area contributed by atoms with Crippen LogP contribution >= 0.6 is 57.4 Å². The molecule has 3 rings (SSSR count). The van der Waals surface area contributed by atoms with E-state index in [-0.39, 0.29) is 14.4 Å². The Bertz CT molecular complexity index is 948. The van der Waals surface area contributed by atoms with Crippen LogP contribution in [0.1, 0.15) is 27.4 Å². The number of carbonyl (C=O) groups excluding carboxylic acids is 2.